The second kappa shape index (κ2) is 4.63. The zero-order chi connectivity index (χ0) is 13.3. The van der Waals surface area contributed by atoms with Crippen LogP contribution in [0.2, 0.25) is 0 Å². The summed E-state index contributed by atoms with van der Waals surface area (Å²) >= 11 is 0. The molecule has 2 atom stereocenters. The van der Waals surface area contributed by atoms with E-state index in [4.69, 9.17) is 9.84 Å². The van der Waals surface area contributed by atoms with Gasteiger partial charge in [-0.2, -0.15) is 0 Å². The smallest absolute Gasteiger partial charge is 0.335 e. The number of aliphatic hydroxyl groups excluding tert-OH is 2. The molecule has 0 saturated heterocycles. The van der Waals surface area contributed by atoms with Crippen LogP contribution in [0.3, 0.4) is 0 Å². The number of carboxylic acid groups (broad SMARTS) is 1. The van der Waals surface area contributed by atoms with Crippen LogP contribution in [0.4, 0.5) is 5.69 Å². The third-order valence-electron chi connectivity index (χ3n) is 2.53. The van der Waals surface area contributed by atoms with E-state index in [9.17, 15) is 19.8 Å². The Hall–Kier alpha value is -2.12. The van der Waals surface area contributed by atoms with Gasteiger partial charge in [0.25, 0.3) is 5.91 Å². The number of nitrogens with one attached hydrogen (secondary N) is 1. The van der Waals surface area contributed by atoms with Crippen molar-refractivity contribution in [3.05, 3.63) is 23.8 Å². The van der Waals surface area contributed by atoms with E-state index in [0.29, 0.717) is 11.4 Å². The molecule has 1 aliphatic heterocycles. The number of anilines is 1. The van der Waals surface area contributed by atoms with Crippen LogP contribution >= 0.6 is 0 Å². The molecule has 0 aliphatic carbocycles. The molecule has 7 nitrogen and oxygen atoms in total. The summed E-state index contributed by atoms with van der Waals surface area (Å²) in [6.07, 6.45) is -3.50. The minimum atomic E-state index is -1.93. The number of aliphatic carboxylic acids is 1. The fourth-order valence-electron chi connectivity index (χ4n) is 1.60. The van der Waals surface area contributed by atoms with E-state index in [1.165, 1.54) is 18.2 Å². The molecular formula is C11H11NO6. The van der Waals surface area contributed by atoms with Crippen molar-refractivity contribution in [3.63, 3.8) is 0 Å². The third-order valence-corrected chi connectivity index (χ3v) is 2.53. The van der Waals surface area contributed by atoms with Gasteiger partial charge < -0.3 is 25.4 Å². The van der Waals surface area contributed by atoms with Gasteiger partial charge in [0.1, 0.15) is 11.9 Å². The van der Waals surface area contributed by atoms with Gasteiger partial charge in [-0.15, -0.1) is 0 Å². The van der Waals surface area contributed by atoms with Gasteiger partial charge in [0.05, 0.1) is 5.69 Å². The summed E-state index contributed by atoms with van der Waals surface area (Å²) in [6, 6.07) is 4.28. The molecule has 0 fully saturated rings. The van der Waals surface area contributed by atoms with Crippen LogP contribution in [0.5, 0.6) is 5.75 Å². The minimum Gasteiger partial charge on any atom is -0.482 e. The lowest BCUT2D eigenvalue weighted by Crippen LogP contribution is -2.28. The average Bonchev–Trinajstić information content (AvgIpc) is 2.35. The number of carbonyl (C=O) groups excluding carboxylic acids is 1. The first-order chi connectivity index (χ1) is 8.49. The van der Waals surface area contributed by atoms with Crippen molar-refractivity contribution in [3.8, 4) is 5.75 Å². The number of ether oxygens (including phenoxy) is 1. The molecule has 7 heteroatoms. The van der Waals surface area contributed by atoms with Crippen LogP contribution in [0, 0.1) is 0 Å². The van der Waals surface area contributed by atoms with E-state index in [-0.39, 0.29) is 18.1 Å². The fourth-order valence-corrected chi connectivity index (χ4v) is 1.60. The Morgan fingerprint density at radius 2 is 2.11 bits per heavy atom. The number of amides is 1. The number of hydrogen-bond donors (Lipinski definition) is 4. The molecule has 96 valence electrons. The molecule has 0 spiro atoms. The van der Waals surface area contributed by atoms with Crippen molar-refractivity contribution in [1.82, 2.24) is 0 Å². The second-order valence-corrected chi connectivity index (χ2v) is 3.82. The van der Waals surface area contributed by atoms with Gasteiger partial charge >= 0.3 is 5.97 Å². The Morgan fingerprint density at radius 3 is 2.78 bits per heavy atom. The summed E-state index contributed by atoms with van der Waals surface area (Å²) < 4.78 is 5.11. The lowest BCUT2D eigenvalue weighted by atomic mass is 10.0. The summed E-state index contributed by atoms with van der Waals surface area (Å²) in [7, 11) is 0. The highest BCUT2D eigenvalue weighted by Crippen LogP contribution is 2.31. The highest BCUT2D eigenvalue weighted by Gasteiger charge is 2.26. The number of carbonyl (C=O) groups is 2. The molecule has 1 aliphatic rings. The maximum absolute atomic E-state index is 11.1. The Balaban J connectivity index is 2.28. The summed E-state index contributed by atoms with van der Waals surface area (Å²) in [4.78, 5) is 21.7. The SMILES string of the molecule is O=C1COc2ccc(C(O)C(O)C(=O)O)cc2N1. The second-order valence-electron chi connectivity index (χ2n) is 3.82. The molecule has 0 bridgehead atoms. The van der Waals surface area contributed by atoms with Crippen molar-refractivity contribution in [2.24, 2.45) is 0 Å². The predicted molar refractivity (Wildman–Crippen MR) is 59.2 cm³/mol. The van der Waals surface area contributed by atoms with Crippen molar-refractivity contribution < 1.29 is 29.6 Å². The van der Waals surface area contributed by atoms with Crippen LogP contribution in [0.25, 0.3) is 0 Å². The number of fused-ring (bicyclic) bond motifs is 1. The first kappa shape index (κ1) is 12.3. The predicted octanol–water partition coefficient (Wildman–Crippen LogP) is -0.504. The number of aliphatic hydroxyl groups is 2. The van der Waals surface area contributed by atoms with Crippen LogP contribution in [0.15, 0.2) is 18.2 Å². The highest BCUT2D eigenvalue weighted by atomic mass is 16.5. The molecule has 1 amide bonds. The Kier molecular flexibility index (Phi) is 3.17. The molecule has 0 radical (unpaired) electrons. The quantitative estimate of drug-likeness (QED) is 0.577. The summed E-state index contributed by atoms with van der Waals surface area (Å²) in [5, 5.41) is 30.0. The molecule has 1 aromatic carbocycles. The Labute approximate surface area is 102 Å². The first-order valence-corrected chi connectivity index (χ1v) is 5.14. The standard InChI is InChI=1S/C11H11NO6/c13-8-4-18-7-2-1-5(3-6(7)12-8)9(14)10(15)11(16)17/h1-3,9-10,14-15H,4H2,(H,12,13)(H,16,17). The van der Waals surface area contributed by atoms with Crippen molar-refractivity contribution in [1.29, 1.82) is 0 Å². The molecule has 1 heterocycles. The van der Waals surface area contributed by atoms with E-state index in [0.717, 1.165) is 0 Å². The minimum absolute atomic E-state index is 0.0906. The lowest BCUT2D eigenvalue weighted by molar-refractivity contribution is -0.153. The number of carboxylic acids is 1. The highest BCUT2D eigenvalue weighted by molar-refractivity contribution is 5.95. The van der Waals surface area contributed by atoms with E-state index < -0.39 is 18.2 Å². The molecule has 0 aromatic heterocycles. The van der Waals surface area contributed by atoms with Crippen LogP contribution in [-0.4, -0.2) is 39.9 Å². The van der Waals surface area contributed by atoms with Crippen LogP contribution in [0.1, 0.15) is 11.7 Å². The summed E-state index contributed by atoms with van der Waals surface area (Å²) in [6.45, 7) is -0.0906. The van der Waals surface area contributed by atoms with Gasteiger partial charge in [0, 0.05) is 0 Å². The number of rotatable bonds is 3. The van der Waals surface area contributed by atoms with Crippen molar-refractivity contribution >= 4 is 17.6 Å². The number of hydrogen-bond acceptors (Lipinski definition) is 5. The molecule has 18 heavy (non-hydrogen) atoms. The number of benzene rings is 1. The van der Waals surface area contributed by atoms with Gasteiger partial charge in [-0.3, -0.25) is 4.79 Å². The molecule has 1 aromatic rings. The van der Waals surface area contributed by atoms with E-state index in [1.54, 1.807) is 0 Å². The zero-order valence-electron chi connectivity index (χ0n) is 9.16. The van der Waals surface area contributed by atoms with Gasteiger partial charge in [0.2, 0.25) is 0 Å². The monoisotopic (exact) mass is 253 g/mol. The Bertz CT molecular complexity index is 500. The zero-order valence-corrected chi connectivity index (χ0v) is 9.16. The third kappa shape index (κ3) is 2.27. The van der Waals surface area contributed by atoms with E-state index in [2.05, 4.69) is 5.32 Å². The molecule has 2 unspecified atom stereocenters. The normalized spacial score (nSPS) is 17.1. The largest absolute Gasteiger partial charge is 0.482 e. The topological polar surface area (TPSA) is 116 Å². The summed E-state index contributed by atoms with van der Waals surface area (Å²) in [5.74, 6) is -1.44. The van der Waals surface area contributed by atoms with E-state index >= 15 is 0 Å². The maximum Gasteiger partial charge on any atom is 0.335 e. The van der Waals surface area contributed by atoms with Crippen molar-refractivity contribution in [2.45, 2.75) is 12.2 Å². The van der Waals surface area contributed by atoms with Crippen molar-refractivity contribution in [2.75, 3.05) is 11.9 Å². The lowest BCUT2D eigenvalue weighted by Gasteiger charge is -2.20. The summed E-state index contributed by atoms with van der Waals surface area (Å²) in [5.41, 5.74) is 0.509. The Morgan fingerprint density at radius 1 is 1.39 bits per heavy atom. The fraction of sp³-hybridized carbons (Fsp3) is 0.273. The van der Waals surface area contributed by atoms with Gasteiger partial charge in [0.15, 0.2) is 12.7 Å². The van der Waals surface area contributed by atoms with Gasteiger partial charge in [-0.05, 0) is 17.7 Å². The molecule has 4 N–H and O–H groups in total. The molecular weight excluding hydrogens is 242 g/mol. The van der Waals surface area contributed by atoms with Crippen LogP contribution < -0.4 is 10.1 Å². The van der Waals surface area contributed by atoms with Gasteiger partial charge in [-0.25, -0.2) is 4.79 Å². The first-order valence-electron chi connectivity index (χ1n) is 5.14. The van der Waals surface area contributed by atoms with Crippen LogP contribution in [-0.2, 0) is 9.59 Å². The average molecular weight is 253 g/mol. The van der Waals surface area contributed by atoms with E-state index in [1.807, 2.05) is 0 Å². The molecule has 0 saturated carbocycles. The molecule has 2 rings (SSSR count). The van der Waals surface area contributed by atoms with Gasteiger partial charge in [-0.1, -0.05) is 6.07 Å². The maximum atomic E-state index is 11.1.